The van der Waals surface area contributed by atoms with E-state index in [0.717, 1.165) is 28.2 Å². The van der Waals surface area contributed by atoms with E-state index in [2.05, 4.69) is 148 Å². The van der Waals surface area contributed by atoms with E-state index in [0.29, 0.717) is 5.57 Å². The Balaban J connectivity index is 1.49. The number of ether oxygens (including phenoxy) is 1. The molecule has 0 aromatic heterocycles. The maximum absolute atomic E-state index is 11.8. The molecule has 0 bridgehead atoms. The smallest absolute Gasteiger partial charge is 0.333 e. The van der Waals surface area contributed by atoms with Crippen LogP contribution in [-0.4, -0.2) is 5.97 Å². The summed E-state index contributed by atoms with van der Waals surface area (Å²) in [4.78, 5) is 14.1. The van der Waals surface area contributed by atoms with Gasteiger partial charge < -0.3 is 9.64 Å². The third-order valence-electron chi connectivity index (χ3n) is 7.57. The zero-order valence-corrected chi connectivity index (χ0v) is 25.3. The fourth-order valence-corrected chi connectivity index (χ4v) is 4.90. The second-order valence-electron chi connectivity index (χ2n) is 11.0. The van der Waals surface area contributed by atoms with E-state index in [9.17, 15) is 4.79 Å². The molecule has 0 N–H and O–H groups in total. The summed E-state index contributed by atoms with van der Waals surface area (Å²) in [5.41, 5.74) is 12.9. The molecule has 0 heterocycles. The molecule has 0 saturated heterocycles. The Labute approximate surface area is 255 Å². The van der Waals surface area contributed by atoms with Crippen molar-refractivity contribution in [2.75, 3.05) is 4.90 Å². The molecular formula is C40H37NO2. The molecule has 0 fully saturated rings. The Bertz CT molecular complexity index is 1750. The van der Waals surface area contributed by atoms with Crippen LogP contribution in [0.4, 0.5) is 17.1 Å². The van der Waals surface area contributed by atoms with Crippen LogP contribution >= 0.6 is 0 Å². The molecule has 0 unspecified atom stereocenters. The Hall–Kier alpha value is -5.15. The summed E-state index contributed by atoms with van der Waals surface area (Å²) in [6.45, 7) is 11.9. The minimum atomic E-state index is -0.382. The summed E-state index contributed by atoms with van der Waals surface area (Å²) < 4.78 is 5.34. The second kappa shape index (κ2) is 13.2. The maximum atomic E-state index is 11.8. The Kier molecular flexibility index (Phi) is 9.02. The van der Waals surface area contributed by atoms with Crippen molar-refractivity contribution >= 4 is 34.7 Å². The highest BCUT2D eigenvalue weighted by atomic mass is 16.5. The summed E-state index contributed by atoms with van der Waals surface area (Å²) in [6, 6.07) is 42.5. The number of nitrogens with zero attached hydrogens (tertiary/aromatic N) is 1. The summed E-state index contributed by atoms with van der Waals surface area (Å²) >= 11 is 0. The van der Waals surface area contributed by atoms with Crippen molar-refractivity contribution in [2.24, 2.45) is 0 Å². The van der Waals surface area contributed by atoms with Gasteiger partial charge in [0.1, 0.15) is 6.61 Å². The summed E-state index contributed by atoms with van der Waals surface area (Å²) in [7, 11) is 0. The van der Waals surface area contributed by atoms with Crippen LogP contribution in [-0.2, 0) is 16.1 Å². The lowest BCUT2D eigenvalue weighted by Gasteiger charge is -2.26. The van der Waals surface area contributed by atoms with Crippen molar-refractivity contribution < 1.29 is 9.53 Å². The maximum Gasteiger partial charge on any atom is 0.333 e. The quantitative estimate of drug-likeness (QED) is 0.101. The number of aryl methyl sites for hydroxylation is 3. The predicted molar refractivity (Wildman–Crippen MR) is 180 cm³/mol. The van der Waals surface area contributed by atoms with E-state index in [1.54, 1.807) is 6.92 Å². The standard InChI is InChI=1S/C40H37NO2/c1-28(2)40(42)43-27-33-16-23-38(24-17-33)41(36-19-11-29(3)12-20-36)37-21-14-32(15-22-37)26-39(34-9-7-6-8-10-34)35-18-13-30(4)31(5)25-35/h6-26H,1,27H2,2-5H3/b39-26+. The van der Waals surface area contributed by atoms with Gasteiger partial charge >= 0.3 is 5.97 Å². The lowest BCUT2D eigenvalue weighted by atomic mass is 9.93. The van der Waals surface area contributed by atoms with Crippen LogP contribution in [0.5, 0.6) is 0 Å². The summed E-state index contributed by atoms with van der Waals surface area (Å²) in [5, 5.41) is 0. The first-order valence-electron chi connectivity index (χ1n) is 14.5. The van der Waals surface area contributed by atoms with E-state index < -0.39 is 0 Å². The van der Waals surface area contributed by atoms with Gasteiger partial charge in [-0.2, -0.15) is 0 Å². The SMILES string of the molecule is C=C(C)C(=O)OCc1ccc(N(c2ccc(C)cc2)c2ccc(/C=C(\c3ccccc3)c3ccc(C)c(C)c3)cc2)cc1. The first kappa shape index (κ1) is 29.3. The predicted octanol–water partition coefficient (Wildman–Crippen LogP) is 10.3. The molecule has 0 aliphatic heterocycles. The molecule has 0 aliphatic rings. The van der Waals surface area contributed by atoms with E-state index >= 15 is 0 Å². The summed E-state index contributed by atoms with van der Waals surface area (Å²) in [6.07, 6.45) is 2.26. The van der Waals surface area contributed by atoms with Crippen LogP contribution in [0.15, 0.2) is 133 Å². The van der Waals surface area contributed by atoms with Gasteiger partial charge in [0.25, 0.3) is 0 Å². The van der Waals surface area contributed by atoms with Crippen molar-refractivity contribution in [3.63, 3.8) is 0 Å². The highest BCUT2D eigenvalue weighted by molar-refractivity contribution is 5.92. The average Bonchev–Trinajstić information content (AvgIpc) is 3.03. The van der Waals surface area contributed by atoms with Gasteiger partial charge in [-0.15, -0.1) is 0 Å². The zero-order valence-electron chi connectivity index (χ0n) is 25.3. The molecule has 0 atom stereocenters. The number of benzene rings is 5. The molecule has 214 valence electrons. The van der Waals surface area contributed by atoms with Gasteiger partial charge in [0.2, 0.25) is 0 Å². The van der Waals surface area contributed by atoms with Gasteiger partial charge in [-0.05, 0) is 109 Å². The van der Waals surface area contributed by atoms with Crippen molar-refractivity contribution in [3.8, 4) is 0 Å². The van der Waals surface area contributed by atoms with Gasteiger partial charge in [0, 0.05) is 22.6 Å². The minimum Gasteiger partial charge on any atom is -0.457 e. The van der Waals surface area contributed by atoms with E-state index in [-0.39, 0.29) is 12.6 Å². The molecule has 3 heteroatoms. The Morgan fingerprint density at radius 3 is 1.86 bits per heavy atom. The third-order valence-corrected chi connectivity index (χ3v) is 7.57. The van der Waals surface area contributed by atoms with Crippen molar-refractivity contribution in [1.29, 1.82) is 0 Å². The van der Waals surface area contributed by atoms with Gasteiger partial charge in [-0.3, -0.25) is 0 Å². The molecule has 43 heavy (non-hydrogen) atoms. The molecule has 0 aliphatic carbocycles. The third kappa shape index (κ3) is 7.20. The number of carbonyl (C=O) groups is 1. The fraction of sp³-hybridized carbons (Fsp3) is 0.125. The van der Waals surface area contributed by atoms with Gasteiger partial charge in [0.15, 0.2) is 0 Å². The number of carbonyl (C=O) groups excluding carboxylic acids is 1. The average molecular weight is 564 g/mol. The van der Waals surface area contributed by atoms with E-state index in [4.69, 9.17) is 4.74 Å². The highest BCUT2D eigenvalue weighted by Crippen LogP contribution is 2.36. The van der Waals surface area contributed by atoms with Crippen LogP contribution in [0, 0.1) is 20.8 Å². The van der Waals surface area contributed by atoms with E-state index in [1.807, 2.05) is 12.1 Å². The minimum absolute atomic E-state index is 0.210. The fourth-order valence-electron chi connectivity index (χ4n) is 4.90. The molecule has 5 rings (SSSR count). The van der Waals surface area contributed by atoms with Crippen molar-refractivity contribution in [3.05, 3.63) is 172 Å². The summed E-state index contributed by atoms with van der Waals surface area (Å²) in [5.74, 6) is -0.382. The van der Waals surface area contributed by atoms with Crippen LogP contribution in [0.3, 0.4) is 0 Å². The molecule has 5 aromatic carbocycles. The zero-order chi connectivity index (χ0) is 30.3. The molecule has 0 radical (unpaired) electrons. The second-order valence-corrected chi connectivity index (χ2v) is 11.0. The molecule has 3 nitrogen and oxygen atoms in total. The van der Waals surface area contributed by atoms with Gasteiger partial charge in [-0.25, -0.2) is 4.79 Å². The van der Waals surface area contributed by atoms with Gasteiger partial charge in [0.05, 0.1) is 0 Å². The van der Waals surface area contributed by atoms with Crippen LogP contribution in [0.1, 0.15) is 45.9 Å². The van der Waals surface area contributed by atoms with Crippen molar-refractivity contribution in [1.82, 2.24) is 0 Å². The first-order chi connectivity index (χ1) is 20.8. The number of hydrogen-bond acceptors (Lipinski definition) is 3. The van der Waals surface area contributed by atoms with E-state index in [1.165, 1.54) is 33.4 Å². The molecule has 0 amide bonds. The number of rotatable bonds is 9. The number of anilines is 3. The van der Waals surface area contributed by atoms with Crippen LogP contribution in [0.2, 0.25) is 0 Å². The first-order valence-corrected chi connectivity index (χ1v) is 14.5. The largest absolute Gasteiger partial charge is 0.457 e. The highest BCUT2D eigenvalue weighted by Gasteiger charge is 2.14. The molecule has 0 saturated carbocycles. The monoisotopic (exact) mass is 563 g/mol. The Morgan fingerprint density at radius 2 is 1.28 bits per heavy atom. The number of hydrogen-bond donors (Lipinski definition) is 0. The number of esters is 1. The van der Waals surface area contributed by atoms with Crippen LogP contribution in [0.25, 0.3) is 11.6 Å². The Morgan fingerprint density at radius 1 is 0.698 bits per heavy atom. The molecule has 0 spiro atoms. The van der Waals surface area contributed by atoms with Gasteiger partial charge in [-0.1, -0.05) is 97.1 Å². The normalized spacial score (nSPS) is 11.2. The van der Waals surface area contributed by atoms with Crippen LogP contribution < -0.4 is 4.90 Å². The lowest BCUT2D eigenvalue weighted by Crippen LogP contribution is -2.10. The molecule has 5 aromatic rings. The molecular weight excluding hydrogens is 526 g/mol. The van der Waals surface area contributed by atoms with Crippen molar-refractivity contribution in [2.45, 2.75) is 34.3 Å². The topological polar surface area (TPSA) is 29.5 Å². The lowest BCUT2D eigenvalue weighted by molar-refractivity contribution is -0.140.